The number of carbonyl (C=O) groups is 1. The second kappa shape index (κ2) is 13.7. The zero-order valence-electron chi connectivity index (χ0n) is 20.0. The predicted molar refractivity (Wildman–Crippen MR) is 133 cm³/mol. The Hall–Kier alpha value is -2.24. The summed E-state index contributed by atoms with van der Waals surface area (Å²) in [6.07, 6.45) is 5.90. The third-order valence-electron chi connectivity index (χ3n) is 6.09. The fourth-order valence-corrected chi connectivity index (χ4v) is 6.10. The number of carbonyl (C=O) groups excluding carboxylic acids is 1. The Labute approximate surface area is 213 Å². The maximum atomic E-state index is 13.9. The van der Waals surface area contributed by atoms with Crippen LogP contribution < -0.4 is 10.2 Å². The van der Waals surface area contributed by atoms with Gasteiger partial charge in [0.2, 0.25) is 10.0 Å². The summed E-state index contributed by atoms with van der Waals surface area (Å²) in [6.45, 7) is 4.81. The van der Waals surface area contributed by atoms with Crippen molar-refractivity contribution >= 4 is 28.3 Å². The quantitative estimate of drug-likeness (QED) is 0.339. The molecular formula is C24H34ClN3O6S. The first-order chi connectivity index (χ1) is 16.4. The number of pyridine rings is 1. The average Bonchev–Trinajstić information content (AvgIpc) is 2.86. The molecule has 2 N–H and O–H groups in total. The molecule has 0 spiro atoms. The fraction of sp³-hybridized carbons (Fsp3) is 0.500. The second-order valence-corrected chi connectivity index (χ2v) is 10.1. The second-order valence-electron chi connectivity index (χ2n) is 8.22. The van der Waals surface area contributed by atoms with Crippen molar-refractivity contribution in [2.24, 2.45) is 5.92 Å². The minimum absolute atomic E-state index is 0. The van der Waals surface area contributed by atoms with Gasteiger partial charge in [0.1, 0.15) is 11.8 Å². The van der Waals surface area contributed by atoms with E-state index in [1.54, 1.807) is 42.1 Å². The minimum atomic E-state index is -4.10. The molecule has 11 heteroatoms. The Balaban J connectivity index is 0.00000432. The first kappa shape index (κ1) is 29.0. The van der Waals surface area contributed by atoms with Gasteiger partial charge in [0.25, 0.3) is 5.91 Å². The lowest BCUT2D eigenvalue weighted by molar-refractivity contribution is -0.136. The molecule has 3 rings (SSSR count). The molecule has 1 aliphatic carbocycles. The molecule has 0 saturated heterocycles. The molecule has 0 bridgehead atoms. The largest absolute Gasteiger partial charge is 0.494 e. The van der Waals surface area contributed by atoms with Crippen molar-refractivity contribution in [1.82, 2.24) is 14.8 Å². The van der Waals surface area contributed by atoms with Crippen LogP contribution in [-0.4, -0.2) is 54.2 Å². The standard InChI is InChI=1S/C24H33N3O6S.ClH/c1-3-32-20-7-5-19(6-8-20)23(24(28)26-29)27(17-18-13-15-25-16-14-18)34(30,31)22-11-9-21(10-12-22)33-4-2;/h9-16,19-20,23,29H,3-8,17H2,1-2H3,(H,26,28);1H/t19-,20-,23?;. The van der Waals surface area contributed by atoms with Crippen LogP contribution in [-0.2, 0) is 26.1 Å². The van der Waals surface area contributed by atoms with E-state index in [1.807, 2.05) is 13.8 Å². The number of halogens is 1. The molecule has 1 saturated carbocycles. The van der Waals surface area contributed by atoms with E-state index < -0.39 is 22.0 Å². The van der Waals surface area contributed by atoms with Crippen LogP contribution in [0.25, 0.3) is 0 Å². The number of amides is 1. The number of aromatic nitrogens is 1. The SMILES string of the molecule is CCOc1ccc(S(=O)(=O)N(Cc2ccncc2)C(C(=O)NO)[C@H]2CC[C@H](OCC)CC2)cc1.Cl. The Morgan fingerprint density at radius 3 is 2.26 bits per heavy atom. The third-order valence-corrected chi connectivity index (χ3v) is 7.93. The van der Waals surface area contributed by atoms with Crippen LogP contribution >= 0.6 is 12.4 Å². The van der Waals surface area contributed by atoms with E-state index in [-0.39, 0.29) is 35.9 Å². The predicted octanol–water partition coefficient (Wildman–Crippen LogP) is 3.56. The van der Waals surface area contributed by atoms with E-state index in [9.17, 15) is 18.4 Å². The molecule has 2 aromatic rings. The Morgan fingerprint density at radius 1 is 1.09 bits per heavy atom. The summed E-state index contributed by atoms with van der Waals surface area (Å²) in [6, 6.07) is 8.46. The van der Waals surface area contributed by atoms with E-state index in [2.05, 4.69) is 4.98 Å². The number of hydrogen-bond acceptors (Lipinski definition) is 7. The van der Waals surface area contributed by atoms with Gasteiger partial charge in [-0.15, -0.1) is 12.4 Å². The van der Waals surface area contributed by atoms with Gasteiger partial charge < -0.3 is 9.47 Å². The monoisotopic (exact) mass is 527 g/mol. The molecule has 1 unspecified atom stereocenters. The van der Waals surface area contributed by atoms with Gasteiger partial charge in [0.05, 0.1) is 17.6 Å². The van der Waals surface area contributed by atoms with Crippen LogP contribution in [0.1, 0.15) is 45.1 Å². The van der Waals surface area contributed by atoms with Gasteiger partial charge in [-0.05, 0) is 87.4 Å². The molecule has 194 valence electrons. The number of nitrogens with one attached hydrogen (secondary N) is 1. The van der Waals surface area contributed by atoms with E-state index in [0.29, 0.717) is 37.4 Å². The van der Waals surface area contributed by atoms with Gasteiger partial charge in [0, 0.05) is 25.5 Å². The number of sulfonamides is 1. The van der Waals surface area contributed by atoms with Crippen LogP contribution in [0.2, 0.25) is 0 Å². The first-order valence-electron chi connectivity index (χ1n) is 11.6. The maximum Gasteiger partial charge on any atom is 0.262 e. The molecule has 1 amide bonds. The number of rotatable bonds is 11. The summed E-state index contributed by atoms with van der Waals surface area (Å²) in [7, 11) is -4.10. The van der Waals surface area contributed by atoms with Crippen LogP contribution in [0, 0.1) is 5.92 Å². The van der Waals surface area contributed by atoms with Crippen molar-refractivity contribution in [3.05, 3.63) is 54.4 Å². The molecule has 0 aliphatic heterocycles. The van der Waals surface area contributed by atoms with Crippen molar-refractivity contribution in [3.63, 3.8) is 0 Å². The van der Waals surface area contributed by atoms with E-state index >= 15 is 0 Å². The topological polar surface area (TPSA) is 118 Å². The molecule has 1 aromatic heterocycles. The number of nitrogens with zero attached hydrogens (tertiary/aromatic N) is 2. The van der Waals surface area contributed by atoms with Gasteiger partial charge in [-0.1, -0.05) is 0 Å². The lowest BCUT2D eigenvalue weighted by Gasteiger charge is -2.38. The summed E-state index contributed by atoms with van der Waals surface area (Å²) in [5.41, 5.74) is 2.39. The smallest absolute Gasteiger partial charge is 0.262 e. The van der Waals surface area contributed by atoms with Crippen molar-refractivity contribution < 1.29 is 27.9 Å². The molecular weight excluding hydrogens is 494 g/mol. The molecule has 0 radical (unpaired) electrons. The van der Waals surface area contributed by atoms with Crippen molar-refractivity contribution in [2.75, 3.05) is 13.2 Å². The van der Waals surface area contributed by atoms with Crippen molar-refractivity contribution in [2.45, 2.75) is 63.1 Å². The normalized spacial score (nSPS) is 19.0. The van der Waals surface area contributed by atoms with Gasteiger partial charge in [-0.3, -0.25) is 15.0 Å². The highest BCUT2D eigenvalue weighted by molar-refractivity contribution is 7.89. The molecule has 1 aromatic carbocycles. The highest BCUT2D eigenvalue weighted by Crippen LogP contribution is 2.34. The highest BCUT2D eigenvalue weighted by atomic mass is 35.5. The first-order valence-corrected chi connectivity index (χ1v) is 13.0. The minimum Gasteiger partial charge on any atom is -0.494 e. The molecule has 1 fully saturated rings. The summed E-state index contributed by atoms with van der Waals surface area (Å²) in [5, 5.41) is 9.55. The zero-order valence-corrected chi connectivity index (χ0v) is 21.6. The summed E-state index contributed by atoms with van der Waals surface area (Å²) >= 11 is 0. The van der Waals surface area contributed by atoms with Gasteiger partial charge >= 0.3 is 0 Å². The van der Waals surface area contributed by atoms with Crippen LogP contribution in [0.3, 0.4) is 0 Å². The number of hydrogen-bond donors (Lipinski definition) is 2. The van der Waals surface area contributed by atoms with E-state index in [0.717, 1.165) is 12.8 Å². The van der Waals surface area contributed by atoms with Crippen LogP contribution in [0.4, 0.5) is 0 Å². The lowest BCUT2D eigenvalue weighted by Crippen LogP contribution is -2.53. The summed E-state index contributed by atoms with van der Waals surface area (Å²) in [4.78, 5) is 17.0. The van der Waals surface area contributed by atoms with Crippen molar-refractivity contribution in [3.8, 4) is 5.75 Å². The van der Waals surface area contributed by atoms with E-state index in [1.165, 1.54) is 16.4 Å². The third kappa shape index (κ3) is 7.37. The van der Waals surface area contributed by atoms with E-state index in [4.69, 9.17) is 9.47 Å². The molecule has 1 aliphatic rings. The van der Waals surface area contributed by atoms with Gasteiger partial charge in [-0.25, -0.2) is 13.9 Å². The maximum absolute atomic E-state index is 13.9. The lowest BCUT2D eigenvalue weighted by atomic mass is 9.82. The highest BCUT2D eigenvalue weighted by Gasteiger charge is 2.42. The average molecular weight is 528 g/mol. The van der Waals surface area contributed by atoms with Gasteiger partial charge in [0.15, 0.2) is 0 Å². The molecule has 1 heterocycles. The number of hydroxylamine groups is 1. The van der Waals surface area contributed by atoms with Gasteiger partial charge in [-0.2, -0.15) is 4.31 Å². The van der Waals surface area contributed by atoms with Crippen LogP contribution in [0.5, 0.6) is 5.75 Å². The number of ether oxygens (including phenoxy) is 2. The molecule has 1 atom stereocenters. The Morgan fingerprint density at radius 2 is 1.71 bits per heavy atom. The van der Waals surface area contributed by atoms with Crippen LogP contribution in [0.15, 0.2) is 53.7 Å². The van der Waals surface area contributed by atoms with Crippen molar-refractivity contribution in [1.29, 1.82) is 0 Å². The fourth-order valence-electron chi connectivity index (χ4n) is 4.46. The number of benzene rings is 1. The molecule has 35 heavy (non-hydrogen) atoms. The summed E-state index contributed by atoms with van der Waals surface area (Å²) < 4.78 is 40.1. The molecule has 9 nitrogen and oxygen atoms in total. The zero-order chi connectivity index (χ0) is 24.6. The summed E-state index contributed by atoms with van der Waals surface area (Å²) in [5.74, 6) is -0.465. The Bertz CT molecular complexity index is 1020. The Kier molecular flexibility index (Phi) is 11.4.